The van der Waals surface area contributed by atoms with Crippen LogP contribution in [-0.4, -0.2) is 42.6 Å². The third-order valence-electron chi connectivity index (χ3n) is 7.18. The van der Waals surface area contributed by atoms with Gasteiger partial charge in [-0.3, -0.25) is 14.4 Å². The number of hydrogen-bond donors (Lipinski definition) is 1. The van der Waals surface area contributed by atoms with Crippen molar-refractivity contribution in [3.05, 3.63) is 52.4 Å². The number of ether oxygens (including phenoxy) is 1. The van der Waals surface area contributed by atoms with Crippen LogP contribution in [0.2, 0.25) is 0 Å². The monoisotopic (exact) mass is 464 g/mol. The summed E-state index contributed by atoms with van der Waals surface area (Å²) in [5.41, 5.74) is 4.26. The predicted molar refractivity (Wildman–Crippen MR) is 131 cm³/mol. The van der Waals surface area contributed by atoms with Crippen LogP contribution in [-0.2, 0) is 14.4 Å². The number of nitrogens with one attached hydrogen (secondary N) is 1. The van der Waals surface area contributed by atoms with Crippen LogP contribution < -0.4 is 10.1 Å². The van der Waals surface area contributed by atoms with Gasteiger partial charge in [-0.1, -0.05) is 39.8 Å². The number of benzene rings is 1. The van der Waals surface area contributed by atoms with Gasteiger partial charge in [-0.15, -0.1) is 0 Å². The molecule has 1 N–H and O–H groups in total. The first-order valence-electron chi connectivity index (χ1n) is 12.2. The Labute approximate surface area is 202 Å². The van der Waals surface area contributed by atoms with E-state index in [1.165, 1.54) is 0 Å². The average molecular weight is 465 g/mol. The molecule has 34 heavy (non-hydrogen) atoms. The van der Waals surface area contributed by atoms with Gasteiger partial charge in [0.15, 0.2) is 18.2 Å². The fourth-order valence-corrected chi connectivity index (χ4v) is 5.77. The van der Waals surface area contributed by atoms with Gasteiger partial charge in [-0.25, -0.2) is 0 Å². The number of hydrogen-bond acceptors (Lipinski definition) is 5. The number of carbonyl (C=O) groups excluding carboxylic acids is 3. The zero-order valence-electron chi connectivity index (χ0n) is 21.2. The van der Waals surface area contributed by atoms with Crippen LogP contribution in [0.5, 0.6) is 5.75 Å². The zero-order valence-corrected chi connectivity index (χ0v) is 21.2. The molecule has 1 amide bonds. The minimum atomic E-state index is -0.399. The number of ketones is 2. The molecule has 182 valence electrons. The molecule has 0 saturated heterocycles. The summed E-state index contributed by atoms with van der Waals surface area (Å²) in [5.74, 6) is 0.177. The molecule has 0 bridgehead atoms. The number of allylic oxidation sites excluding steroid dienone is 4. The van der Waals surface area contributed by atoms with E-state index < -0.39 is 5.92 Å². The van der Waals surface area contributed by atoms with Crippen molar-refractivity contribution in [3.8, 4) is 5.75 Å². The van der Waals surface area contributed by atoms with Crippen LogP contribution >= 0.6 is 0 Å². The standard InChI is InChI=1S/C28H36N2O4/c1-7-30-19-12-27(2,3)14-21(31)25(19)24(26-20(30)13-28(4,5)15-22(26)32)17-9-8-10-18(11-17)34-16-23(33)29-6/h8-11,24H,7,12-16H2,1-6H3,(H,29,33). The first-order valence-corrected chi connectivity index (χ1v) is 12.2. The minimum Gasteiger partial charge on any atom is -0.484 e. The number of carbonyl (C=O) groups is 3. The molecule has 0 spiro atoms. The Morgan fingerprint density at radius 1 is 1.00 bits per heavy atom. The van der Waals surface area contributed by atoms with Crippen LogP contribution in [0.3, 0.4) is 0 Å². The molecular formula is C28H36N2O4. The lowest BCUT2D eigenvalue weighted by Gasteiger charge is -2.48. The summed E-state index contributed by atoms with van der Waals surface area (Å²) in [7, 11) is 1.57. The fraction of sp³-hybridized carbons (Fsp3) is 0.536. The first-order chi connectivity index (χ1) is 16.0. The predicted octanol–water partition coefficient (Wildman–Crippen LogP) is 4.52. The fourth-order valence-electron chi connectivity index (χ4n) is 5.77. The summed E-state index contributed by atoms with van der Waals surface area (Å²) in [6.07, 6.45) is 2.54. The molecule has 0 atom stereocenters. The van der Waals surface area contributed by atoms with E-state index in [0.29, 0.717) is 18.6 Å². The van der Waals surface area contributed by atoms with Gasteiger partial charge in [-0.2, -0.15) is 0 Å². The van der Waals surface area contributed by atoms with Crippen molar-refractivity contribution in [1.82, 2.24) is 10.2 Å². The largest absolute Gasteiger partial charge is 0.484 e. The molecule has 4 rings (SSSR count). The van der Waals surface area contributed by atoms with Gasteiger partial charge in [-0.05, 0) is 48.3 Å². The zero-order chi connectivity index (χ0) is 24.8. The number of nitrogens with zero attached hydrogens (tertiary/aromatic N) is 1. The van der Waals surface area contributed by atoms with E-state index in [9.17, 15) is 14.4 Å². The van der Waals surface area contributed by atoms with Crippen molar-refractivity contribution in [1.29, 1.82) is 0 Å². The SMILES string of the molecule is CCN1C2=C(C(=O)CC(C)(C)C2)C(c2cccc(OCC(=O)NC)c2)C2=C1CC(C)(C)CC2=O. The van der Waals surface area contributed by atoms with Crippen LogP contribution in [0.15, 0.2) is 46.8 Å². The smallest absolute Gasteiger partial charge is 0.257 e. The van der Waals surface area contributed by atoms with Gasteiger partial charge >= 0.3 is 0 Å². The molecule has 0 radical (unpaired) electrons. The Morgan fingerprint density at radius 2 is 1.56 bits per heavy atom. The summed E-state index contributed by atoms with van der Waals surface area (Å²) in [6, 6.07) is 7.52. The first kappa shape index (κ1) is 24.2. The van der Waals surface area contributed by atoms with Crippen molar-refractivity contribution in [2.75, 3.05) is 20.2 Å². The van der Waals surface area contributed by atoms with E-state index in [-0.39, 0.29) is 34.9 Å². The van der Waals surface area contributed by atoms with Crippen LogP contribution in [0.1, 0.15) is 71.8 Å². The van der Waals surface area contributed by atoms with Gasteiger partial charge in [0, 0.05) is 54.9 Å². The summed E-state index contributed by atoms with van der Waals surface area (Å²) < 4.78 is 5.70. The molecule has 6 heteroatoms. The van der Waals surface area contributed by atoms with E-state index in [4.69, 9.17) is 4.74 Å². The van der Waals surface area contributed by atoms with E-state index in [0.717, 1.165) is 47.5 Å². The minimum absolute atomic E-state index is 0.0869. The summed E-state index contributed by atoms with van der Waals surface area (Å²) >= 11 is 0. The van der Waals surface area contributed by atoms with E-state index >= 15 is 0 Å². The average Bonchev–Trinajstić information content (AvgIpc) is 2.74. The van der Waals surface area contributed by atoms with Gasteiger partial charge < -0.3 is 15.0 Å². The third-order valence-corrected chi connectivity index (χ3v) is 7.18. The van der Waals surface area contributed by atoms with E-state index in [1.807, 2.05) is 18.2 Å². The molecule has 0 aromatic heterocycles. The van der Waals surface area contributed by atoms with Crippen molar-refractivity contribution >= 4 is 17.5 Å². The molecule has 2 aliphatic carbocycles. The molecule has 3 aliphatic rings. The topological polar surface area (TPSA) is 75.7 Å². The van der Waals surface area contributed by atoms with Gasteiger partial charge in [0.1, 0.15) is 5.75 Å². The highest BCUT2D eigenvalue weighted by Gasteiger charge is 2.48. The van der Waals surface area contributed by atoms with E-state index in [2.05, 4.69) is 44.8 Å². The normalized spacial score (nSPS) is 21.9. The van der Waals surface area contributed by atoms with Crippen molar-refractivity contribution in [3.63, 3.8) is 0 Å². The van der Waals surface area contributed by atoms with Crippen molar-refractivity contribution in [2.45, 2.75) is 66.2 Å². The maximum Gasteiger partial charge on any atom is 0.257 e. The summed E-state index contributed by atoms with van der Waals surface area (Å²) in [6.45, 7) is 11.3. The summed E-state index contributed by atoms with van der Waals surface area (Å²) in [4.78, 5) is 41.2. The van der Waals surface area contributed by atoms with Gasteiger partial charge in [0.2, 0.25) is 0 Å². The Morgan fingerprint density at radius 3 is 2.06 bits per heavy atom. The molecule has 1 heterocycles. The lowest BCUT2D eigenvalue weighted by atomic mass is 9.63. The van der Waals surface area contributed by atoms with Gasteiger partial charge in [0.05, 0.1) is 0 Å². The van der Waals surface area contributed by atoms with Crippen LogP contribution in [0, 0.1) is 10.8 Å². The second kappa shape index (κ2) is 8.71. The lowest BCUT2D eigenvalue weighted by Crippen LogP contribution is -2.44. The maximum atomic E-state index is 13.6. The lowest BCUT2D eigenvalue weighted by molar-refractivity contribution is -0.122. The molecule has 1 aromatic carbocycles. The molecule has 0 saturated carbocycles. The maximum absolute atomic E-state index is 13.6. The second-order valence-electron chi connectivity index (χ2n) is 11.3. The highest BCUT2D eigenvalue weighted by molar-refractivity contribution is 6.06. The Hall–Kier alpha value is -2.89. The van der Waals surface area contributed by atoms with Crippen molar-refractivity contribution in [2.24, 2.45) is 10.8 Å². The number of amides is 1. The molecule has 0 unspecified atom stereocenters. The van der Waals surface area contributed by atoms with Crippen molar-refractivity contribution < 1.29 is 19.1 Å². The number of rotatable bonds is 5. The highest BCUT2D eigenvalue weighted by atomic mass is 16.5. The Bertz CT molecular complexity index is 1060. The number of likely N-dealkylation sites (N-methyl/N-ethyl adjacent to an activating group) is 1. The molecule has 6 nitrogen and oxygen atoms in total. The molecular weight excluding hydrogens is 428 g/mol. The molecule has 1 aromatic rings. The highest BCUT2D eigenvalue weighted by Crippen LogP contribution is 2.54. The third kappa shape index (κ3) is 4.42. The summed E-state index contributed by atoms with van der Waals surface area (Å²) in [5, 5.41) is 2.55. The Kier molecular flexibility index (Phi) is 6.21. The van der Waals surface area contributed by atoms with E-state index in [1.54, 1.807) is 13.1 Å². The quantitative estimate of drug-likeness (QED) is 0.694. The number of Topliss-reactive ketones (excluding diaryl/α,β-unsaturated/α-hetero) is 2. The Balaban J connectivity index is 1.88. The molecule has 1 aliphatic heterocycles. The van der Waals surface area contributed by atoms with Gasteiger partial charge in [0.25, 0.3) is 5.91 Å². The second-order valence-corrected chi connectivity index (χ2v) is 11.3. The van der Waals surface area contributed by atoms with Crippen LogP contribution in [0.25, 0.3) is 0 Å². The molecule has 0 fully saturated rings. The van der Waals surface area contributed by atoms with Crippen LogP contribution in [0.4, 0.5) is 0 Å².